The van der Waals surface area contributed by atoms with Crippen molar-refractivity contribution in [3.05, 3.63) is 0 Å². The van der Waals surface area contributed by atoms with E-state index in [1.165, 1.54) is 0 Å². The summed E-state index contributed by atoms with van der Waals surface area (Å²) in [6.07, 6.45) is 0. The number of hydrogen-bond donors (Lipinski definition) is 1. The van der Waals surface area contributed by atoms with E-state index in [2.05, 4.69) is 15.9 Å². The van der Waals surface area contributed by atoms with E-state index in [1.54, 1.807) is 0 Å². The summed E-state index contributed by atoms with van der Waals surface area (Å²) >= 11 is 2.71. The maximum atomic E-state index is 9.32. The van der Waals surface area contributed by atoms with Crippen LogP contribution in [0.3, 0.4) is 0 Å². The normalized spacial score (nSPS) is 6.17. The molecule has 0 bridgehead atoms. The maximum absolute atomic E-state index is 9.32. The Morgan fingerprint density at radius 1 is 1.83 bits per heavy atom. The van der Waals surface area contributed by atoms with Crippen molar-refractivity contribution in [3.8, 4) is 0 Å². The number of carboxylic acids is 1. The Morgan fingerprint density at radius 3 is 2.00 bits per heavy atom. The van der Waals surface area contributed by atoms with E-state index in [-0.39, 0.29) is 34.9 Å². The zero-order chi connectivity index (χ0) is 4.28. The molecular weight excluding hydrogens is 159 g/mol. The van der Waals surface area contributed by atoms with Crippen molar-refractivity contribution in [2.45, 2.75) is 0 Å². The first kappa shape index (κ1) is 10.0. The van der Waals surface area contributed by atoms with Gasteiger partial charge in [-0.15, -0.1) is 0 Å². The summed E-state index contributed by atoms with van der Waals surface area (Å²) in [6, 6.07) is 0. The van der Waals surface area contributed by atoms with Crippen LogP contribution in [-0.4, -0.2) is 46.0 Å². The topological polar surface area (TPSA) is 37.3 Å². The number of hydrogen-bond acceptors (Lipinski definition) is 1. The molecule has 0 aromatic carbocycles. The summed E-state index contributed by atoms with van der Waals surface area (Å²) in [7, 11) is 0. The molecule has 0 saturated carbocycles. The van der Waals surface area contributed by atoms with E-state index < -0.39 is 5.97 Å². The van der Waals surface area contributed by atoms with Gasteiger partial charge in [-0.25, -0.2) is 0 Å². The molecule has 0 unspecified atom stereocenters. The Hall–Kier alpha value is 0.950. The van der Waals surface area contributed by atoms with Crippen molar-refractivity contribution in [3.63, 3.8) is 0 Å². The number of carbonyl (C=O) groups is 1. The van der Waals surface area contributed by atoms with E-state index in [0.29, 0.717) is 0 Å². The molecule has 0 radical (unpaired) electrons. The first-order valence-corrected chi connectivity index (χ1v) is 2.17. The molecule has 0 aliphatic rings. The van der Waals surface area contributed by atoms with Crippen molar-refractivity contribution < 1.29 is 9.90 Å². The average molecular weight is 163 g/mol. The van der Waals surface area contributed by atoms with Gasteiger partial charge in [0.2, 0.25) is 0 Å². The zero-order valence-corrected chi connectivity index (χ0v) is 4.03. The fourth-order valence-electron chi connectivity index (χ4n) is 0. The molecule has 0 aromatic rings. The van der Waals surface area contributed by atoms with Crippen LogP contribution in [0.5, 0.6) is 0 Å². The molecule has 0 atom stereocenters. The number of halogens is 1. The number of aliphatic carboxylic acids is 1. The van der Waals surface area contributed by atoms with Gasteiger partial charge in [0.1, 0.15) is 5.33 Å². The molecule has 0 aliphatic heterocycles. The third-order valence-corrected chi connectivity index (χ3v) is 0.594. The van der Waals surface area contributed by atoms with Crippen molar-refractivity contribution in [2.24, 2.45) is 0 Å². The van der Waals surface area contributed by atoms with Crippen LogP contribution in [0.15, 0.2) is 0 Å². The second kappa shape index (κ2) is 5.95. The summed E-state index contributed by atoms with van der Waals surface area (Å²) in [6.45, 7) is 0. The Kier molecular flexibility index (Phi) is 9.96. The minimum absolute atomic E-state index is 0. The van der Waals surface area contributed by atoms with Crippen LogP contribution in [0.25, 0.3) is 0 Å². The molecule has 0 rings (SSSR count). The molecule has 2 nitrogen and oxygen atoms in total. The third-order valence-electron chi connectivity index (χ3n) is 0.114. The fourth-order valence-corrected chi connectivity index (χ4v) is 0. The number of rotatable bonds is 1. The van der Waals surface area contributed by atoms with Gasteiger partial charge in [-0.3, -0.25) is 4.79 Å². The number of alkyl halides is 1. The van der Waals surface area contributed by atoms with E-state index in [9.17, 15) is 4.79 Å². The Labute approximate surface area is 66.3 Å². The molecule has 6 heavy (non-hydrogen) atoms. The summed E-state index contributed by atoms with van der Waals surface area (Å²) in [5.41, 5.74) is 0. The van der Waals surface area contributed by atoms with E-state index in [0.717, 1.165) is 0 Å². The van der Waals surface area contributed by atoms with Gasteiger partial charge in [0, 0.05) is 0 Å². The van der Waals surface area contributed by atoms with Crippen LogP contribution >= 0.6 is 15.9 Å². The van der Waals surface area contributed by atoms with Crippen molar-refractivity contribution in [2.75, 3.05) is 5.33 Å². The van der Waals surface area contributed by atoms with Crippen LogP contribution in [0.2, 0.25) is 0 Å². The van der Waals surface area contributed by atoms with Crippen LogP contribution in [0.4, 0.5) is 0 Å². The predicted molar refractivity (Wildman–Crippen MR) is 28.6 cm³/mol. The SMILES string of the molecule is O=C(O)CBr.[NaH]. The van der Waals surface area contributed by atoms with Gasteiger partial charge in [0.25, 0.3) is 0 Å². The predicted octanol–water partition coefficient (Wildman–Crippen LogP) is -0.183. The van der Waals surface area contributed by atoms with Gasteiger partial charge in [-0.2, -0.15) is 0 Å². The third kappa shape index (κ3) is 8.87. The zero-order valence-electron chi connectivity index (χ0n) is 2.44. The van der Waals surface area contributed by atoms with Crippen molar-refractivity contribution >= 4 is 51.5 Å². The first-order valence-electron chi connectivity index (χ1n) is 1.05. The molecule has 0 saturated heterocycles. The van der Waals surface area contributed by atoms with Crippen LogP contribution in [0.1, 0.15) is 0 Å². The molecule has 1 N–H and O–H groups in total. The summed E-state index contributed by atoms with van der Waals surface area (Å²) in [5, 5.41) is 7.71. The van der Waals surface area contributed by atoms with E-state index in [1.807, 2.05) is 0 Å². The van der Waals surface area contributed by atoms with Gasteiger partial charge in [-0.1, -0.05) is 15.9 Å². The minimum atomic E-state index is -0.829. The summed E-state index contributed by atoms with van der Waals surface area (Å²) in [5.74, 6) is -0.829. The molecule has 0 fully saturated rings. The molecule has 32 valence electrons. The standard InChI is InChI=1S/C2H3BrO2.Na.H/c3-1-2(4)5;;/h1H2,(H,4,5);;. The Morgan fingerprint density at radius 2 is 2.00 bits per heavy atom. The monoisotopic (exact) mass is 162 g/mol. The molecule has 4 heteroatoms. The van der Waals surface area contributed by atoms with Crippen LogP contribution < -0.4 is 0 Å². The molecule has 0 heterocycles. The summed E-state index contributed by atoms with van der Waals surface area (Å²) < 4.78 is 0. The first-order chi connectivity index (χ1) is 2.27. The molecular formula is C2H4BrNaO2. The van der Waals surface area contributed by atoms with Crippen LogP contribution in [-0.2, 0) is 4.79 Å². The van der Waals surface area contributed by atoms with Crippen molar-refractivity contribution in [1.29, 1.82) is 0 Å². The second-order valence-corrected chi connectivity index (χ2v) is 1.09. The van der Waals surface area contributed by atoms with E-state index >= 15 is 0 Å². The van der Waals surface area contributed by atoms with Gasteiger partial charge in [-0.05, 0) is 0 Å². The Bertz CT molecular complexity index is 46.8. The summed E-state index contributed by atoms with van der Waals surface area (Å²) in [4.78, 5) is 9.32. The van der Waals surface area contributed by atoms with Gasteiger partial charge < -0.3 is 5.11 Å². The second-order valence-electron chi connectivity index (χ2n) is 0.527. The molecule has 0 aromatic heterocycles. The fraction of sp³-hybridized carbons (Fsp3) is 0.500. The van der Waals surface area contributed by atoms with E-state index in [4.69, 9.17) is 5.11 Å². The van der Waals surface area contributed by atoms with Crippen LogP contribution in [0, 0.1) is 0 Å². The molecule has 0 aliphatic carbocycles. The average Bonchev–Trinajstić information content (AvgIpc) is 1.38. The quantitative estimate of drug-likeness (QED) is 0.429. The molecule has 0 spiro atoms. The Balaban J connectivity index is 0. The van der Waals surface area contributed by atoms with Gasteiger partial charge >= 0.3 is 35.5 Å². The number of carboxylic acid groups (broad SMARTS) is 1. The molecule has 0 amide bonds. The van der Waals surface area contributed by atoms with Crippen molar-refractivity contribution in [1.82, 2.24) is 0 Å². The van der Waals surface area contributed by atoms with Gasteiger partial charge in [0.15, 0.2) is 0 Å². The van der Waals surface area contributed by atoms with Gasteiger partial charge in [0.05, 0.1) is 0 Å².